The van der Waals surface area contributed by atoms with E-state index in [1.54, 1.807) is 13.2 Å². The van der Waals surface area contributed by atoms with E-state index in [0.29, 0.717) is 5.69 Å². The Morgan fingerprint density at radius 2 is 2.62 bits per heavy atom. The Hall–Kier alpha value is -1.52. The quantitative estimate of drug-likeness (QED) is 0.642. The van der Waals surface area contributed by atoms with Gasteiger partial charge in [-0.25, -0.2) is 4.98 Å². The minimum atomic E-state index is -0.135. The molecule has 0 bridgehead atoms. The minimum Gasteiger partial charge on any atom is -0.356 e. The van der Waals surface area contributed by atoms with Gasteiger partial charge in [0.05, 0.1) is 0 Å². The van der Waals surface area contributed by atoms with Gasteiger partial charge in [-0.1, -0.05) is 0 Å². The van der Waals surface area contributed by atoms with Crippen molar-refractivity contribution in [2.24, 2.45) is 0 Å². The summed E-state index contributed by atoms with van der Waals surface area (Å²) in [4.78, 5) is 15.4. The first-order chi connectivity index (χ1) is 6.31. The molecule has 0 aliphatic carbocycles. The molecule has 1 aliphatic rings. The van der Waals surface area contributed by atoms with E-state index in [0.717, 1.165) is 25.5 Å². The number of hydrogen-bond acceptors (Lipinski definition) is 3. The summed E-state index contributed by atoms with van der Waals surface area (Å²) < 4.78 is 1.97. The zero-order chi connectivity index (χ0) is 9.26. The van der Waals surface area contributed by atoms with Crippen molar-refractivity contribution in [1.82, 2.24) is 14.9 Å². The van der Waals surface area contributed by atoms with Crippen molar-refractivity contribution in [1.29, 1.82) is 0 Å². The smallest absolute Gasteiger partial charge is 0.271 e. The molecule has 1 aromatic rings. The Bertz CT molecular complexity index is 307. The van der Waals surface area contributed by atoms with Crippen LogP contribution in [0.15, 0.2) is 6.20 Å². The molecular weight excluding hydrogens is 168 g/mol. The second-order valence-electron chi connectivity index (χ2n) is 3.00. The van der Waals surface area contributed by atoms with Crippen LogP contribution in [0.5, 0.6) is 0 Å². The average Bonchev–Trinajstić information content (AvgIpc) is 2.59. The molecule has 1 aliphatic heterocycles. The lowest BCUT2D eigenvalue weighted by molar-refractivity contribution is 0.0958. The Balaban J connectivity index is 2.30. The topological polar surface area (TPSA) is 59.0 Å². The van der Waals surface area contributed by atoms with Gasteiger partial charge >= 0.3 is 0 Å². The number of imidazole rings is 1. The molecule has 2 N–H and O–H groups in total. The van der Waals surface area contributed by atoms with E-state index in [1.807, 2.05) is 4.57 Å². The second kappa shape index (κ2) is 3.08. The number of rotatable bonds is 1. The number of hydrogen-bond donors (Lipinski definition) is 2. The lowest BCUT2D eigenvalue weighted by atomic mass is 10.4. The molecule has 0 radical (unpaired) electrons. The maximum absolute atomic E-state index is 11.2. The van der Waals surface area contributed by atoms with E-state index in [2.05, 4.69) is 15.6 Å². The third kappa shape index (κ3) is 1.37. The highest BCUT2D eigenvalue weighted by Crippen LogP contribution is 2.13. The number of carbonyl (C=O) groups excluding carboxylic acids is 1. The highest BCUT2D eigenvalue weighted by Gasteiger charge is 2.14. The van der Waals surface area contributed by atoms with Crippen molar-refractivity contribution in [3.8, 4) is 0 Å². The summed E-state index contributed by atoms with van der Waals surface area (Å²) in [7, 11) is 1.61. The van der Waals surface area contributed by atoms with Gasteiger partial charge in [0.2, 0.25) is 5.95 Å². The first-order valence-corrected chi connectivity index (χ1v) is 4.34. The fraction of sp³-hybridized carbons (Fsp3) is 0.500. The third-order valence-corrected chi connectivity index (χ3v) is 2.10. The van der Waals surface area contributed by atoms with Gasteiger partial charge in [-0.15, -0.1) is 0 Å². The second-order valence-corrected chi connectivity index (χ2v) is 3.00. The molecular formula is C8H12N4O. The van der Waals surface area contributed by atoms with Gasteiger partial charge in [0.25, 0.3) is 5.91 Å². The zero-order valence-corrected chi connectivity index (χ0v) is 7.50. The van der Waals surface area contributed by atoms with Crippen LogP contribution in [0.3, 0.4) is 0 Å². The number of fused-ring (bicyclic) bond motifs is 1. The predicted molar refractivity (Wildman–Crippen MR) is 48.7 cm³/mol. The largest absolute Gasteiger partial charge is 0.356 e. The van der Waals surface area contributed by atoms with E-state index in [4.69, 9.17) is 0 Å². The molecule has 0 atom stereocenters. The monoisotopic (exact) mass is 180 g/mol. The molecule has 5 nitrogen and oxygen atoms in total. The molecule has 70 valence electrons. The SMILES string of the molecule is CNC(=O)c1cn2c(n1)NCCC2. The molecule has 13 heavy (non-hydrogen) atoms. The number of aromatic nitrogens is 2. The Morgan fingerprint density at radius 1 is 1.77 bits per heavy atom. The van der Waals surface area contributed by atoms with Crippen LogP contribution in [0.25, 0.3) is 0 Å². The van der Waals surface area contributed by atoms with Crippen LogP contribution in [-0.4, -0.2) is 29.1 Å². The highest BCUT2D eigenvalue weighted by atomic mass is 16.1. The molecule has 2 heterocycles. The van der Waals surface area contributed by atoms with Crippen molar-refractivity contribution < 1.29 is 4.79 Å². The zero-order valence-electron chi connectivity index (χ0n) is 7.50. The van der Waals surface area contributed by atoms with E-state index in [-0.39, 0.29) is 5.91 Å². The van der Waals surface area contributed by atoms with Crippen molar-refractivity contribution in [2.75, 3.05) is 18.9 Å². The molecule has 0 unspecified atom stereocenters. The van der Waals surface area contributed by atoms with Gasteiger partial charge in [-0.05, 0) is 6.42 Å². The maximum Gasteiger partial charge on any atom is 0.271 e. The van der Waals surface area contributed by atoms with Crippen molar-refractivity contribution in [2.45, 2.75) is 13.0 Å². The fourth-order valence-corrected chi connectivity index (χ4v) is 1.41. The van der Waals surface area contributed by atoms with Crippen molar-refractivity contribution >= 4 is 11.9 Å². The molecule has 0 saturated heterocycles. The molecule has 0 aromatic carbocycles. The fourth-order valence-electron chi connectivity index (χ4n) is 1.41. The summed E-state index contributed by atoms with van der Waals surface area (Å²) in [5.74, 6) is 0.661. The van der Waals surface area contributed by atoms with Crippen LogP contribution >= 0.6 is 0 Å². The predicted octanol–water partition coefficient (Wildman–Crippen LogP) is 0.0583. The molecule has 5 heteroatoms. The number of nitrogens with one attached hydrogen (secondary N) is 2. The highest BCUT2D eigenvalue weighted by molar-refractivity contribution is 5.92. The summed E-state index contributed by atoms with van der Waals surface area (Å²) in [6.07, 6.45) is 2.86. The van der Waals surface area contributed by atoms with Crippen LogP contribution in [0.2, 0.25) is 0 Å². The van der Waals surface area contributed by atoms with Crippen molar-refractivity contribution in [3.05, 3.63) is 11.9 Å². The van der Waals surface area contributed by atoms with E-state index in [9.17, 15) is 4.79 Å². The summed E-state index contributed by atoms with van der Waals surface area (Å²) >= 11 is 0. The van der Waals surface area contributed by atoms with Gasteiger partial charge in [0.1, 0.15) is 5.69 Å². The molecule has 0 spiro atoms. The lowest BCUT2D eigenvalue weighted by Gasteiger charge is -2.14. The van der Waals surface area contributed by atoms with E-state index < -0.39 is 0 Å². The van der Waals surface area contributed by atoms with Crippen LogP contribution in [0.4, 0.5) is 5.95 Å². The van der Waals surface area contributed by atoms with Crippen molar-refractivity contribution in [3.63, 3.8) is 0 Å². The van der Waals surface area contributed by atoms with Gasteiger partial charge < -0.3 is 15.2 Å². The summed E-state index contributed by atoms with van der Waals surface area (Å²) in [5, 5.41) is 5.68. The van der Waals surface area contributed by atoms with E-state index >= 15 is 0 Å². The van der Waals surface area contributed by atoms with Crippen LogP contribution in [-0.2, 0) is 6.54 Å². The number of aryl methyl sites for hydroxylation is 1. The van der Waals surface area contributed by atoms with Gasteiger partial charge in [0, 0.05) is 26.3 Å². The molecule has 2 rings (SSSR count). The van der Waals surface area contributed by atoms with E-state index in [1.165, 1.54) is 0 Å². The summed E-state index contributed by atoms with van der Waals surface area (Å²) in [6.45, 7) is 1.87. The number of carbonyl (C=O) groups is 1. The molecule has 1 aromatic heterocycles. The lowest BCUT2D eigenvalue weighted by Crippen LogP contribution is -2.18. The number of anilines is 1. The van der Waals surface area contributed by atoms with Gasteiger partial charge in [-0.2, -0.15) is 0 Å². The van der Waals surface area contributed by atoms with Crippen LogP contribution in [0.1, 0.15) is 16.9 Å². The third-order valence-electron chi connectivity index (χ3n) is 2.10. The molecule has 0 fully saturated rings. The summed E-state index contributed by atoms with van der Waals surface area (Å²) in [5.41, 5.74) is 0.479. The standard InChI is InChI=1S/C8H12N4O/c1-9-7(13)6-5-12-4-2-3-10-8(12)11-6/h5H,2-4H2,1H3,(H,9,13)(H,10,11). The molecule has 1 amide bonds. The normalized spacial score (nSPS) is 14.5. The first-order valence-electron chi connectivity index (χ1n) is 4.34. The van der Waals surface area contributed by atoms with Gasteiger partial charge in [-0.3, -0.25) is 4.79 Å². The number of amides is 1. The first kappa shape index (κ1) is 8.10. The Labute approximate surface area is 76.2 Å². The minimum absolute atomic E-state index is 0.135. The van der Waals surface area contributed by atoms with Gasteiger partial charge in [0.15, 0.2) is 0 Å². The Morgan fingerprint density at radius 3 is 3.31 bits per heavy atom. The number of nitrogens with zero attached hydrogens (tertiary/aromatic N) is 2. The maximum atomic E-state index is 11.2. The summed E-state index contributed by atoms with van der Waals surface area (Å²) in [6, 6.07) is 0. The molecule has 0 saturated carbocycles. The average molecular weight is 180 g/mol. The van der Waals surface area contributed by atoms with Crippen LogP contribution < -0.4 is 10.6 Å². The Kier molecular flexibility index (Phi) is 1.92. The van der Waals surface area contributed by atoms with Crippen LogP contribution in [0, 0.1) is 0 Å².